The quantitative estimate of drug-likeness (QED) is 0.578. The number of piperazine rings is 1. The molecular formula is C22H21BrN2O3. The number of ether oxygens (including phenoxy) is 2. The molecule has 6 heteroatoms. The first-order valence-electron chi connectivity index (χ1n) is 9.19. The molecule has 0 bridgehead atoms. The minimum atomic E-state index is -0.323. The van der Waals surface area contributed by atoms with Crippen LogP contribution in [0.1, 0.15) is 0 Å². The fraction of sp³-hybridized carbons (Fsp3) is 0.227. The minimum absolute atomic E-state index is 0.323. The van der Waals surface area contributed by atoms with Crippen LogP contribution in [0.2, 0.25) is 0 Å². The maximum absolute atomic E-state index is 12.7. The Bertz CT molecular complexity index is 986. The normalized spacial score (nSPS) is 14.2. The number of halogens is 1. The number of hydrogen-bond acceptors (Lipinski definition) is 4. The summed E-state index contributed by atoms with van der Waals surface area (Å²) in [6.07, 6.45) is -0.323. The van der Waals surface area contributed by atoms with Crippen LogP contribution in [0.4, 0.5) is 10.5 Å². The van der Waals surface area contributed by atoms with Gasteiger partial charge in [-0.05, 0) is 51.6 Å². The third kappa shape index (κ3) is 3.78. The van der Waals surface area contributed by atoms with Crippen molar-refractivity contribution in [1.29, 1.82) is 0 Å². The number of carbonyl (C=O) groups excluding carboxylic acids is 1. The molecule has 0 N–H and O–H groups in total. The van der Waals surface area contributed by atoms with Gasteiger partial charge in [0.05, 0.1) is 11.6 Å². The Kier molecular flexibility index (Phi) is 5.39. The second-order valence-electron chi connectivity index (χ2n) is 6.64. The predicted octanol–water partition coefficient (Wildman–Crippen LogP) is 4.93. The number of benzene rings is 3. The molecular weight excluding hydrogens is 420 g/mol. The third-order valence-corrected chi connectivity index (χ3v) is 5.80. The molecule has 4 rings (SSSR count). The summed E-state index contributed by atoms with van der Waals surface area (Å²) in [4.78, 5) is 16.7. The van der Waals surface area contributed by atoms with Crippen molar-refractivity contribution in [3.8, 4) is 11.5 Å². The SMILES string of the molecule is COc1ccc2ccc(OC(=O)N3CCN(c4ccccc4)CC3)c(Br)c2c1. The zero-order valence-electron chi connectivity index (χ0n) is 15.6. The highest BCUT2D eigenvalue weighted by Gasteiger charge is 2.23. The maximum Gasteiger partial charge on any atom is 0.415 e. The fourth-order valence-corrected chi connectivity index (χ4v) is 3.95. The molecule has 3 aromatic carbocycles. The van der Waals surface area contributed by atoms with Gasteiger partial charge >= 0.3 is 6.09 Å². The van der Waals surface area contributed by atoms with Crippen molar-refractivity contribution in [1.82, 2.24) is 4.90 Å². The molecule has 0 atom stereocenters. The van der Waals surface area contributed by atoms with Crippen molar-refractivity contribution in [2.45, 2.75) is 0 Å². The summed E-state index contributed by atoms with van der Waals surface area (Å²) in [6.45, 7) is 2.84. The predicted molar refractivity (Wildman–Crippen MR) is 114 cm³/mol. The van der Waals surface area contributed by atoms with E-state index in [1.807, 2.05) is 48.5 Å². The molecule has 1 saturated heterocycles. The van der Waals surface area contributed by atoms with Gasteiger partial charge in [0.1, 0.15) is 11.5 Å². The van der Waals surface area contributed by atoms with Crippen LogP contribution < -0.4 is 14.4 Å². The van der Waals surface area contributed by atoms with Crippen LogP contribution in [-0.4, -0.2) is 44.3 Å². The van der Waals surface area contributed by atoms with Crippen LogP contribution >= 0.6 is 15.9 Å². The summed E-state index contributed by atoms with van der Waals surface area (Å²) >= 11 is 3.58. The largest absolute Gasteiger partial charge is 0.497 e. The molecule has 1 amide bonds. The van der Waals surface area contributed by atoms with Crippen LogP contribution in [0.15, 0.2) is 65.1 Å². The van der Waals surface area contributed by atoms with E-state index in [2.05, 4.69) is 33.0 Å². The molecule has 0 saturated carbocycles. The van der Waals surface area contributed by atoms with E-state index in [1.165, 1.54) is 5.69 Å². The number of hydrogen-bond donors (Lipinski definition) is 0. The van der Waals surface area contributed by atoms with E-state index in [9.17, 15) is 4.79 Å². The number of rotatable bonds is 3. The molecule has 3 aromatic rings. The van der Waals surface area contributed by atoms with Gasteiger partial charge in [-0.25, -0.2) is 4.79 Å². The van der Waals surface area contributed by atoms with E-state index in [0.717, 1.165) is 34.1 Å². The third-order valence-electron chi connectivity index (χ3n) is 4.98. The number of para-hydroxylation sites is 1. The van der Waals surface area contributed by atoms with Gasteiger partial charge < -0.3 is 19.3 Å². The molecule has 28 heavy (non-hydrogen) atoms. The van der Waals surface area contributed by atoms with E-state index in [-0.39, 0.29) is 6.09 Å². The van der Waals surface area contributed by atoms with Gasteiger partial charge in [0.15, 0.2) is 0 Å². The van der Waals surface area contributed by atoms with E-state index >= 15 is 0 Å². The highest BCUT2D eigenvalue weighted by atomic mass is 79.9. The molecule has 0 unspecified atom stereocenters. The van der Waals surface area contributed by atoms with Crippen molar-refractivity contribution in [2.24, 2.45) is 0 Å². The summed E-state index contributed by atoms with van der Waals surface area (Å²) in [5.41, 5.74) is 1.18. The molecule has 1 aliphatic heterocycles. The van der Waals surface area contributed by atoms with Gasteiger partial charge in [-0.1, -0.05) is 30.3 Å². The molecule has 1 heterocycles. The lowest BCUT2D eigenvalue weighted by Crippen LogP contribution is -2.49. The molecule has 5 nitrogen and oxygen atoms in total. The topological polar surface area (TPSA) is 42.0 Å². The zero-order valence-corrected chi connectivity index (χ0v) is 17.2. The van der Waals surface area contributed by atoms with Crippen molar-refractivity contribution in [3.05, 3.63) is 65.1 Å². The second-order valence-corrected chi connectivity index (χ2v) is 7.44. The number of carbonyl (C=O) groups is 1. The molecule has 1 aliphatic rings. The Morgan fingerprint density at radius 2 is 1.68 bits per heavy atom. The minimum Gasteiger partial charge on any atom is -0.497 e. The van der Waals surface area contributed by atoms with Crippen molar-refractivity contribution in [2.75, 3.05) is 38.2 Å². The van der Waals surface area contributed by atoms with Gasteiger partial charge in [0.25, 0.3) is 0 Å². The Morgan fingerprint density at radius 3 is 2.39 bits per heavy atom. The lowest BCUT2D eigenvalue weighted by Gasteiger charge is -2.35. The zero-order chi connectivity index (χ0) is 19.5. The Morgan fingerprint density at radius 1 is 0.964 bits per heavy atom. The van der Waals surface area contributed by atoms with Crippen molar-refractivity contribution >= 4 is 38.5 Å². The maximum atomic E-state index is 12.7. The van der Waals surface area contributed by atoms with E-state index < -0.39 is 0 Å². The van der Waals surface area contributed by atoms with Crippen molar-refractivity contribution in [3.63, 3.8) is 0 Å². The number of amides is 1. The summed E-state index contributed by atoms with van der Waals surface area (Å²) in [5.74, 6) is 1.27. The van der Waals surface area contributed by atoms with Crippen LogP contribution in [-0.2, 0) is 0 Å². The lowest BCUT2D eigenvalue weighted by atomic mass is 10.1. The Balaban J connectivity index is 1.45. The number of fused-ring (bicyclic) bond motifs is 1. The summed E-state index contributed by atoms with van der Waals surface area (Å²) in [7, 11) is 1.63. The average Bonchev–Trinajstić information content (AvgIpc) is 2.76. The fourth-order valence-electron chi connectivity index (χ4n) is 3.39. The van der Waals surface area contributed by atoms with Gasteiger partial charge in [0.2, 0.25) is 0 Å². The monoisotopic (exact) mass is 440 g/mol. The first-order chi connectivity index (χ1) is 13.7. The van der Waals surface area contributed by atoms with E-state index in [4.69, 9.17) is 9.47 Å². The molecule has 144 valence electrons. The first kappa shape index (κ1) is 18.6. The summed E-state index contributed by atoms with van der Waals surface area (Å²) in [6, 6.07) is 19.8. The Hall–Kier alpha value is -2.73. The average molecular weight is 441 g/mol. The smallest absolute Gasteiger partial charge is 0.415 e. The summed E-state index contributed by atoms with van der Waals surface area (Å²) < 4.78 is 11.7. The highest BCUT2D eigenvalue weighted by molar-refractivity contribution is 9.10. The van der Waals surface area contributed by atoms with Gasteiger partial charge in [0, 0.05) is 37.3 Å². The van der Waals surface area contributed by atoms with Crippen LogP contribution in [0.5, 0.6) is 11.5 Å². The lowest BCUT2D eigenvalue weighted by molar-refractivity contribution is 0.149. The standard InChI is InChI=1S/C22H21BrN2O3/c1-27-18-9-7-16-8-10-20(21(23)19(16)15-18)28-22(26)25-13-11-24(12-14-25)17-5-3-2-4-6-17/h2-10,15H,11-14H2,1H3. The number of nitrogens with zero attached hydrogens (tertiary/aromatic N) is 2. The Labute approximate surface area is 172 Å². The first-order valence-corrected chi connectivity index (χ1v) is 9.98. The number of methoxy groups -OCH3 is 1. The molecule has 0 aliphatic carbocycles. The highest BCUT2D eigenvalue weighted by Crippen LogP contribution is 2.35. The van der Waals surface area contributed by atoms with Crippen molar-refractivity contribution < 1.29 is 14.3 Å². The van der Waals surface area contributed by atoms with Crippen LogP contribution in [0.25, 0.3) is 10.8 Å². The van der Waals surface area contributed by atoms with Crippen LogP contribution in [0, 0.1) is 0 Å². The number of anilines is 1. The summed E-state index contributed by atoms with van der Waals surface area (Å²) in [5, 5.41) is 1.99. The van der Waals surface area contributed by atoms with Gasteiger partial charge in [-0.3, -0.25) is 0 Å². The van der Waals surface area contributed by atoms with Gasteiger partial charge in [-0.15, -0.1) is 0 Å². The van der Waals surface area contributed by atoms with Gasteiger partial charge in [-0.2, -0.15) is 0 Å². The molecule has 1 fully saturated rings. The van der Waals surface area contributed by atoms with Crippen LogP contribution in [0.3, 0.4) is 0 Å². The van der Waals surface area contributed by atoms with E-state index in [0.29, 0.717) is 18.8 Å². The molecule has 0 spiro atoms. The molecule has 0 radical (unpaired) electrons. The van der Waals surface area contributed by atoms with E-state index in [1.54, 1.807) is 12.0 Å². The molecule has 0 aromatic heterocycles. The second kappa shape index (κ2) is 8.10.